The first kappa shape index (κ1) is 14.3. The quantitative estimate of drug-likeness (QED) is 0.838. The lowest BCUT2D eigenvalue weighted by molar-refractivity contribution is -0.120. The monoisotopic (exact) mass is 254 g/mol. The number of nitrogens with one attached hydrogen (secondary N) is 1. The first-order chi connectivity index (χ1) is 8.50. The molecule has 2 rings (SSSR count). The van der Waals surface area contributed by atoms with Gasteiger partial charge < -0.3 is 4.74 Å². The van der Waals surface area contributed by atoms with Crippen LogP contribution in [-0.2, 0) is 4.74 Å². The highest BCUT2D eigenvalue weighted by atomic mass is 16.5. The zero-order valence-electron chi connectivity index (χ0n) is 12.5. The van der Waals surface area contributed by atoms with Crippen molar-refractivity contribution in [3.63, 3.8) is 0 Å². The minimum atomic E-state index is -0.109. The number of rotatable bonds is 3. The summed E-state index contributed by atoms with van der Waals surface area (Å²) in [6.07, 6.45) is 5.18. The molecular weight excluding hydrogens is 224 g/mol. The maximum atomic E-state index is 6.07. The minimum absolute atomic E-state index is 0.109. The summed E-state index contributed by atoms with van der Waals surface area (Å²) < 4.78 is 6.07. The van der Waals surface area contributed by atoms with Crippen molar-refractivity contribution in [3.05, 3.63) is 0 Å². The van der Waals surface area contributed by atoms with Crippen molar-refractivity contribution in [2.75, 3.05) is 19.7 Å². The predicted molar refractivity (Wildman–Crippen MR) is 75.6 cm³/mol. The molecule has 3 atom stereocenters. The predicted octanol–water partition coefficient (Wildman–Crippen LogP) is 2.61. The van der Waals surface area contributed by atoms with Crippen LogP contribution >= 0.6 is 0 Å². The summed E-state index contributed by atoms with van der Waals surface area (Å²) in [5.41, 5.74) is -0.109. The van der Waals surface area contributed by atoms with Crippen molar-refractivity contribution in [3.8, 4) is 0 Å². The van der Waals surface area contributed by atoms with E-state index in [0.717, 1.165) is 19.6 Å². The fourth-order valence-electron chi connectivity index (χ4n) is 3.33. The number of hydrogen-bond acceptors (Lipinski definition) is 3. The Labute approximate surface area is 112 Å². The summed E-state index contributed by atoms with van der Waals surface area (Å²) in [4.78, 5) is 2.66. The molecule has 3 unspecified atom stereocenters. The van der Waals surface area contributed by atoms with Crippen LogP contribution < -0.4 is 5.32 Å². The molecular formula is C15H30N2O. The van der Waals surface area contributed by atoms with E-state index in [1.165, 1.54) is 25.8 Å². The first-order valence-electron chi connectivity index (χ1n) is 7.65. The molecule has 0 amide bonds. The van der Waals surface area contributed by atoms with E-state index in [2.05, 4.69) is 37.9 Å². The average Bonchev–Trinajstić information content (AvgIpc) is 2.34. The van der Waals surface area contributed by atoms with Crippen molar-refractivity contribution in [1.82, 2.24) is 10.2 Å². The number of ether oxygens (including phenoxy) is 1. The SMILES string of the molecule is CC1CNC(C)(CC2CCCCN2C(C)C)OC1. The smallest absolute Gasteiger partial charge is 0.117 e. The Hall–Kier alpha value is -0.120. The zero-order chi connectivity index (χ0) is 13.2. The molecule has 2 heterocycles. The van der Waals surface area contributed by atoms with Crippen molar-refractivity contribution < 1.29 is 4.74 Å². The normalized spacial score (nSPS) is 39.2. The van der Waals surface area contributed by atoms with Crippen LogP contribution in [0.2, 0.25) is 0 Å². The molecule has 1 N–H and O–H groups in total. The molecule has 2 saturated heterocycles. The van der Waals surface area contributed by atoms with Gasteiger partial charge in [-0.15, -0.1) is 0 Å². The van der Waals surface area contributed by atoms with Gasteiger partial charge in [0, 0.05) is 25.0 Å². The molecule has 0 aliphatic carbocycles. The molecule has 2 fully saturated rings. The third kappa shape index (κ3) is 3.46. The van der Waals surface area contributed by atoms with E-state index in [9.17, 15) is 0 Å². The molecule has 3 heteroatoms. The van der Waals surface area contributed by atoms with Gasteiger partial charge in [-0.1, -0.05) is 13.3 Å². The van der Waals surface area contributed by atoms with E-state index in [1.54, 1.807) is 0 Å². The van der Waals surface area contributed by atoms with Crippen LogP contribution in [0.1, 0.15) is 53.4 Å². The lowest BCUT2D eigenvalue weighted by Gasteiger charge is -2.45. The summed E-state index contributed by atoms with van der Waals surface area (Å²) in [5, 5.41) is 3.60. The Balaban J connectivity index is 1.94. The first-order valence-corrected chi connectivity index (χ1v) is 7.65. The average molecular weight is 254 g/mol. The second kappa shape index (κ2) is 5.89. The van der Waals surface area contributed by atoms with E-state index in [4.69, 9.17) is 4.74 Å². The fraction of sp³-hybridized carbons (Fsp3) is 1.00. The summed E-state index contributed by atoms with van der Waals surface area (Å²) in [5.74, 6) is 0.644. The van der Waals surface area contributed by atoms with Gasteiger partial charge in [-0.25, -0.2) is 0 Å². The summed E-state index contributed by atoms with van der Waals surface area (Å²) in [7, 11) is 0. The van der Waals surface area contributed by atoms with E-state index in [-0.39, 0.29) is 5.72 Å². The molecule has 106 valence electrons. The largest absolute Gasteiger partial charge is 0.361 e. The van der Waals surface area contributed by atoms with Crippen molar-refractivity contribution >= 4 is 0 Å². The van der Waals surface area contributed by atoms with Gasteiger partial charge in [-0.3, -0.25) is 10.2 Å². The highest BCUT2D eigenvalue weighted by molar-refractivity contribution is 4.88. The molecule has 0 aromatic carbocycles. The molecule has 0 aromatic heterocycles. The summed E-state index contributed by atoms with van der Waals surface area (Å²) in [6.45, 7) is 12.4. The Bertz CT molecular complexity index is 259. The second-order valence-electron chi connectivity index (χ2n) is 6.71. The maximum Gasteiger partial charge on any atom is 0.117 e. The number of nitrogens with zero attached hydrogens (tertiary/aromatic N) is 1. The summed E-state index contributed by atoms with van der Waals surface area (Å²) in [6, 6.07) is 1.34. The molecule has 0 bridgehead atoms. The van der Waals surface area contributed by atoms with Crippen LogP contribution in [0.25, 0.3) is 0 Å². The van der Waals surface area contributed by atoms with Gasteiger partial charge in [0.25, 0.3) is 0 Å². The number of piperidine rings is 1. The molecule has 0 saturated carbocycles. The molecule has 2 aliphatic rings. The Morgan fingerprint density at radius 2 is 2.17 bits per heavy atom. The fourth-order valence-corrected chi connectivity index (χ4v) is 3.33. The third-order valence-electron chi connectivity index (χ3n) is 4.47. The van der Waals surface area contributed by atoms with Gasteiger partial charge >= 0.3 is 0 Å². The van der Waals surface area contributed by atoms with Gasteiger partial charge in [0.15, 0.2) is 0 Å². The Morgan fingerprint density at radius 1 is 1.39 bits per heavy atom. The van der Waals surface area contributed by atoms with Gasteiger partial charge in [0.2, 0.25) is 0 Å². The van der Waals surface area contributed by atoms with E-state index in [0.29, 0.717) is 18.0 Å². The lowest BCUT2D eigenvalue weighted by atomic mass is 9.92. The second-order valence-corrected chi connectivity index (χ2v) is 6.71. The zero-order valence-corrected chi connectivity index (χ0v) is 12.5. The standard InChI is InChI=1S/C15H30N2O/c1-12(2)17-8-6-5-7-14(17)9-15(4)16-10-13(3)11-18-15/h12-14,16H,5-11H2,1-4H3. The van der Waals surface area contributed by atoms with Crippen molar-refractivity contribution in [2.45, 2.75) is 71.2 Å². The van der Waals surface area contributed by atoms with Crippen LogP contribution in [0, 0.1) is 5.92 Å². The molecule has 0 radical (unpaired) electrons. The lowest BCUT2D eigenvalue weighted by Crippen LogP contribution is -2.57. The number of likely N-dealkylation sites (tertiary alicyclic amines) is 1. The van der Waals surface area contributed by atoms with Crippen molar-refractivity contribution in [1.29, 1.82) is 0 Å². The highest BCUT2D eigenvalue weighted by Crippen LogP contribution is 2.28. The van der Waals surface area contributed by atoms with Crippen LogP contribution in [0.4, 0.5) is 0 Å². The van der Waals surface area contributed by atoms with E-state index in [1.807, 2.05) is 0 Å². The highest BCUT2D eigenvalue weighted by Gasteiger charge is 2.36. The number of hydrogen-bond donors (Lipinski definition) is 1. The van der Waals surface area contributed by atoms with Gasteiger partial charge in [-0.2, -0.15) is 0 Å². The topological polar surface area (TPSA) is 24.5 Å². The minimum Gasteiger partial charge on any atom is -0.361 e. The molecule has 2 aliphatic heterocycles. The Kier molecular flexibility index (Phi) is 4.68. The molecule has 3 nitrogen and oxygen atoms in total. The van der Waals surface area contributed by atoms with E-state index < -0.39 is 0 Å². The van der Waals surface area contributed by atoms with Crippen LogP contribution in [0.5, 0.6) is 0 Å². The molecule has 18 heavy (non-hydrogen) atoms. The molecule has 0 spiro atoms. The maximum absolute atomic E-state index is 6.07. The Morgan fingerprint density at radius 3 is 2.78 bits per heavy atom. The third-order valence-corrected chi connectivity index (χ3v) is 4.47. The van der Waals surface area contributed by atoms with Gasteiger partial charge in [0.1, 0.15) is 5.72 Å². The van der Waals surface area contributed by atoms with Gasteiger partial charge in [0.05, 0.1) is 6.61 Å². The molecule has 0 aromatic rings. The van der Waals surface area contributed by atoms with Crippen molar-refractivity contribution in [2.24, 2.45) is 5.92 Å². The summed E-state index contributed by atoms with van der Waals surface area (Å²) >= 11 is 0. The van der Waals surface area contributed by atoms with Crippen LogP contribution in [-0.4, -0.2) is 42.4 Å². The van der Waals surface area contributed by atoms with Crippen LogP contribution in [0.15, 0.2) is 0 Å². The van der Waals surface area contributed by atoms with Gasteiger partial charge in [-0.05, 0) is 46.1 Å². The van der Waals surface area contributed by atoms with E-state index >= 15 is 0 Å². The van der Waals surface area contributed by atoms with Crippen LogP contribution in [0.3, 0.4) is 0 Å².